The second-order valence-corrected chi connectivity index (χ2v) is 5.04. The van der Waals surface area contributed by atoms with Gasteiger partial charge in [-0.25, -0.2) is 0 Å². The fourth-order valence-corrected chi connectivity index (χ4v) is 2.61. The summed E-state index contributed by atoms with van der Waals surface area (Å²) in [5, 5.41) is 10.5. The Bertz CT molecular complexity index is 434. The van der Waals surface area contributed by atoms with Gasteiger partial charge < -0.3 is 10.0 Å². The first-order chi connectivity index (χ1) is 8.24. The van der Waals surface area contributed by atoms with Crippen molar-refractivity contribution >= 4 is 0 Å². The molecule has 100 valence electrons. The van der Waals surface area contributed by atoms with Crippen molar-refractivity contribution in [3.05, 3.63) is 35.4 Å². The Balaban J connectivity index is 2.46. The number of hydrogen-bond acceptors (Lipinski definition) is 2. The van der Waals surface area contributed by atoms with Crippen molar-refractivity contribution in [1.29, 1.82) is 0 Å². The lowest BCUT2D eigenvalue weighted by atomic mass is 9.87. The summed E-state index contributed by atoms with van der Waals surface area (Å²) >= 11 is 0. The smallest absolute Gasteiger partial charge is 0.384 e. The fourth-order valence-electron chi connectivity index (χ4n) is 2.61. The van der Waals surface area contributed by atoms with Gasteiger partial charge in [-0.15, -0.1) is 0 Å². The average Bonchev–Trinajstić information content (AvgIpc) is 2.53. The van der Waals surface area contributed by atoms with Crippen LogP contribution in [-0.2, 0) is 11.8 Å². The summed E-state index contributed by atoms with van der Waals surface area (Å²) in [4.78, 5) is 1.87. The minimum absolute atomic E-state index is 0.0197. The number of halogens is 3. The van der Waals surface area contributed by atoms with Gasteiger partial charge in [-0.05, 0) is 32.0 Å². The van der Waals surface area contributed by atoms with E-state index in [1.807, 2.05) is 11.8 Å². The number of nitrogens with zero attached hydrogens (tertiary/aromatic N) is 1. The van der Waals surface area contributed by atoms with Crippen LogP contribution in [0, 0.1) is 0 Å². The predicted octanol–water partition coefficient (Wildman–Crippen LogP) is 2.62. The molecule has 0 spiro atoms. The molecule has 2 unspecified atom stereocenters. The first-order valence-electron chi connectivity index (χ1n) is 5.83. The molecule has 0 amide bonds. The lowest BCUT2D eigenvalue weighted by Crippen LogP contribution is -2.31. The van der Waals surface area contributed by atoms with Crippen LogP contribution in [0.3, 0.4) is 0 Å². The molecular formula is C13H16F3NO. The monoisotopic (exact) mass is 259 g/mol. The van der Waals surface area contributed by atoms with Gasteiger partial charge in [0.25, 0.3) is 0 Å². The first kappa shape index (κ1) is 13.4. The van der Waals surface area contributed by atoms with Crippen molar-refractivity contribution in [2.45, 2.75) is 31.2 Å². The van der Waals surface area contributed by atoms with Crippen molar-refractivity contribution in [3.8, 4) is 0 Å². The van der Waals surface area contributed by atoms with E-state index >= 15 is 0 Å². The molecule has 0 saturated carbocycles. The van der Waals surface area contributed by atoms with Crippen LogP contribution in [0.2, 0.25) is 0 Å². The summed E-state index contributed by atoms with van der Waals surface area (Å²) in [5.41, 5.74) is -2.18. The Morgan fingerprint density at radius 3 is 2.44 bits per heavy atom. The van der Waals surface area contributed by atoms with Gasteiger partial charge in [-0.2, -0.15) is 13.2 Å². The Morgan fingerprint density at radius 2 is 1.94 bits per heavy atom. The van der Waals surface area contributed by atoms with Gasteiger partial charge in [-0.1, -0.05) is 18.2 Å². The molecular weight excluding hydrogens is 243 g/mol. The van der Waals surface area contributed by atoms with E-state index in [1.54, 1.807) is 7.05 Å². The van der Waals surface area contributed by atoms with Gasteiger partial charge in [0, 0.05) is 12.6 Å². The number of likely N-dealkylation sites (N-methyl/N-ethyl adjacent to an activating group) is 1. The van der Waals surface area contributed by atoms with Crippen LogP contribution >= 0.6 is 0 Å². The Kier molecular flexibility index (Phi) is 3.15. The lowest BCUT2D eigenvalue weighted by molar-refractivity contribution is -0.140. The number of hydrogen-bond donors (Lipinski definition) is 1. The van der Waals surface area contributed by atoms with Gasteiger partial charge in [0.2, 0.25) is 0 Å². The van der Waals surface area contributed by atoms with Crippen LogP contribution in [0.15, 0.2) is 24.3 Å². The van der Waals surface area contributed by atoms with Gasteiger partial charge in [0.05, 0.1) is 5.56 Å². The third-order valence-corrected chi connectivity index (χ3v) is 3.63. The van der Waals surface area contributed by atoms with Crippen molar-refractivity contribution in [2.24, 2.45) is 0 Å². The summed E-state index contributed by atoms with van der Waals surface area (Å²) in [6, 6.07) is 5.34. The number of β-amino-alcohol motifs (C(OH)–C–C–N with tert-alkyl or cyclic N) is 1. The zero-order valence-corrected chi connectivity index (χ0v) is 10.3. The Morgan fingerprint density at radius 1 is 1.33 bits per heavy atom. The maximum atomic E-state index is 12.9. The molecule has 2 rings (SSSR count). The summed E-state index contributed by atoms with van der Waals surface area (Å²) in [6.07, 6.45) is -4.12. The Labute approximate surface area is 104 Å². The zero-order chi connectivity index (χ0) is 13.6. The summed E-state index contributed by atoms with van der Waals surface area (Å²) < 4.78 is 38.8. The molecule has 0 aromatic heterocycles. The molecule has 1 aromatic rings. The molecule has 1 aliphatic heterocycles. The first-order valence-corrected chi connectivity index (χ1v) is 5.83. The van der Waals surface area contributed by atoms with Crippen LogP contribution < -0.4 is 0 Å². The van der Waals surface area contributed by atoms with E-state index in [9.17, 15) is 18.3 Å². The van der Waals surface area contributed by atoms with E-state index in [2.05, 4.69) is 0 Å². The zero-order valence-electron chi connectivity index (χ0n) is 10.3. The number of benzene rings is 1. The maximum Gasteiger partial charge on any atom is 0.416 e. The van der Waals surface area contributed by atoms with E-state index in [-0.39, 0.29) is 18.2 Å². The van der Waals surface area contributed by atoms with Gasteiger partial charge >= 0.3 is 6.18 Å². The molecule has 1 aromatic carbocycles. The van der Waals surface area contributed by atoms with Crippen LogP contribution in [0.25, 0.3) is 0 Å². The minimum Gasteiger partial charge on any atom is -0.384 e. The van der Waals surface area contributed by atoms with Crippen LogP contribution in [0.4, 0.5) is 13.2 Å². The normalized spacial score (nSPS) is 29.8. The largest absolute Gasteiger partial charge is 0.416 e. The summed E-state index contributed by atoms with van der Waals surface area (Å²) in [5.74, 6) is 0. The summed E-state index contributed by atoms with van der Waals surface area (Å²) in [7, 11) is 1.80. The van der Waals surface area contributed by atoms with Crippen LogP contribution in [0.5, 0.6) is 0 Å². The van der Waals surface area contributed by atoms with Gasteiger partial charge in [0.15, 0.2) is 0 Å². The minimum atomic E-state index is -4.43. The molecule has 1 saturated heterocycles. The maximum absolute atomic E-state index is 12.9. The number of aliphatic hydroxyl groups is 1. The van der Waals surface area contributed by atoms with Crippen molar-refractivity contribution in [1.82, 2.24) is 4.90 Å². The average molecular weight is 259 g/mol. The molecule has 1 N–H and O–H groups in total. The quantitative estimate of drug-likeness (QED) is 0.838. The van der Waals surface area contributed by atoms with E-state index in [4.69, 9.17) is 0 Å². The standard InChI is InChI=1S/C13H16F3NO/c1-9-7-12(18,8-17(9)2)10-5-3-4-6-11(10)13(14,15)16/h3-6,9,18H,7-8H2,1-2H3. The van der Waals surface area contributed by atoms with Crippen LogP contribution in [0.1, 0.15) is 24.5 Å². The molecule has 0 aliphatic carbocycles. The molecule has 2 atom stereocenters. The number of alkyl halides is 3. The van der Waals surface area contributed by atoms with E-state index < -0.39 is 17.3 Å². The predicted molar refractivity (Wildman–Crippen MR) is 62.0 cm³/mol. The summed E-state index contributed by atoms with van der Waals surface area (Å²) in [6.45, 7) is 2.12. The SMILES string of the molecule is CC1CC(O)(c2ccccc2C(F)(F)F)CN1C. The molecule has 0 radical (unpaired) electrons. The van der Waals surface area contributed by atoms with E-state index in [0.29, 0.717) is 6.42 Å². The van der Waals surface area contributed by atoms with Crippen LogP contribution in [-0.4, -0.2) is 29.6 Å². The van der Waals surface area contributed by atoms with Crippen molar-refractivity contribution in [2.75, 3.05) is 13.6 Å². The molecule has 2 nitrogen and oxygen atoms in total. The third-order valence-electron chi connectivity index (χ3n) is 3.63. The van der Waals surface area contributed by atoms with E-state index in [1.165, 1.54) is 18.2 Å². The molecule has 0 bridgehead atoms. The fraction of sp³-hybridized carbons (Fsp3) is 0.538. The molecule has 18 heavy (non-hydrogen) atoms. The Hall–Kier alpha value is -1.07. The molecule has 1 aliphatic rings. The molecule has 1 fully saturated rings. The number of rotatable bonds is 1. The highest BCUT2D eigenvalue weighted by atomic mass is 19.4. The highest BCUT2D eigenvalue weighted by Crippen LogP contribution is 2.41. The topological polar surface area (TPSA) is 23.5 Å². The van der Waals surface area contributed by atoms with E-state index in [0.717, 1.165) is 6.07 Å². The lowest BCUT2D eigenvalue weighted by Gasteiger charge is -2.26. The molecule has 5 heteroatoms. The van der Waals surface area contributed by atoms with Crippen molar-refractivity contribution in [3.63, 3.8) is 0 Å². The van der Waals surface area contributed by atoms with Gasteiger partial charge in [0.1, 0.15) is 5.60 Å². The molecule has 1 heterocycles. The second kappa shape index (κ2) is 4.24. The van der Waals surface area contributed by atoms with Crippen molar-refractivity contribution < 1.29 is 18.3 Å². The third kappa shape index (κ3) is 2.24. The van der Waals surface area contributed by atoms with Gasteiger partial charge in [-0.3, -0.25) is 0 Å². The number of likely N-dealkylation sites (tertiary alicyclic amines) is 1. The highest BCUT2D eigenvalue weighted by molar-refractivity contribution is 5.36. The highest BCUT2D eigenvalue weighted by Gasteiger charge is 2.45. The second-order valence-electron chi connectivity index (χ2n) is 5.04.